The van der Waals surface area contributed by atoms with E-state index >= 15 is 0 Å². The molecule has 3 rings (SSSR count). The first-order valence-electron chi connectivity index (χ1n) is 10.9. The van der Waals surface area contributed by atoms with Gasteiger partial charge in [-0.15, -0.1) is 0 Å². The van der Waals surface area contributed by atoms with Crippen LogP contribution in [-0.2, 0) is 15.7 Å². The Hall–Kier alpha value is -3.05. The average Bonchev–Trinajstić information content (AvgIpc) is 2.71. The number of anilines is 1. The van der Waals surface area contributed by atoms with E-state index in [0.717, 1.165) is 33.9 Å². The van der Waals surface area contributed by atoms with Crippen LogP contribution >= 0.6 is 0 Å². The van der Waals surface area contributed by atoms with Gasteiger partial charge in [0.05, 0.1) is 5.69 Å². The van der Waals surface area contributed by atoms with Crippen LogP contribution in [0.5, 0.6) is 11.5 Å². The summed E-state index contributed by atoms with van der Waals surface area (Å²) in [6.45, 7) is 13.1. The highest BCUT2D eigenvalue weighted by atomic mass is 16.7. The summed E-state index contributed by atoms with van der Waals surface area (Å²) in [4.78, 5) is 16.9. The lowest BCUT2D eigenvalue weighted by Gasteiger charge is -2.29. The van der Waals surface area contributed by atoms with Crippen LogP contribution in [0.4, 0.5) is 5.69 Å². The van der Waals surface area contributed by atoms with Crippen molar-refractivity contribution in [2.45, 2.75) is 52.4 Å². The minimum absolute atomic E-state index is 0.167. The van der Waals surface area contributed by atoms with Crippen molar-refractivity contribution in [3.8, 4) is 11.5 Å². The van der Waals surface area contributed by atoms with Crippen LogP contribution in [-0.4, -0.2) is 24.6 Å². The molecule has 0 aliphatic rings. The molecule has 2 N–H and O–H groups in total. The van der Waals surface area contributed by atoms with Crippen molar-refractivity contribution in [1.29, 1.82) is 0 Å². The number of fused-ring (bicyclic) bond motifs is 1. The number of carbonyl (C=O) groups excluding carboxylic acids is 1. The minimum atomic E-state index is -0.271. The third-order valence-electron chi connectivity index (χ3n) is 5.41. The summed E-state index contributed by atoms with van der Waals surface area (Å²) in [7, 11) is 0. The van der Waals surface area contributed by atoms with Gasteiger partial charge in [0.2, 0.25) is 0 Å². The third kappa shape index (κ3) is 5.05. The minimum Gasteiger partial charge on any atom is -0.507 e. The average molecular weight is 436 g/mol. The van der Waals surface area contributed by atoms with Crippen LogP contribution in [0.25, 0.3) is 10.8 Å². The molecule has 170 valence electrons. The molecule has 0 amide bonds. The number of hydrogen-bond acceptors (Lipinski definition) is 5. The highest BCUT2D eigenvalue weighted by Crippen LogP contribution is 2.43. The molecule has 32 heavy (non-hydrogen) atoms. The molecule has 0 spiro atoms. The Morgan fingerprint density at radius 3 is 2.19 bits per heavy atom. The largest absolute Gasteiger partial charge is 0.507 e. The first kappa shape index (κ1) is 23.6. The van der Waals surface area contributed by atoms with Crippen molar-refractivity contribution in [3.63, 3.8) is 0 Å². The summed E-state index contributed by atoms with van der Waals surface area (Å²) >= 11 is 0. The van der Waals surface area contributed by atoms with Crippen LogP contribution in [0.3, 0.4) is 0 Å². The normalized spacial score (nSPS) is 12.1. The van der Waals surface area contributed by atoms with Crippen LogP contribution in [0, 0.1) is 0 Å². The fourth-order valence-corrected chi connectivity index (χ4v) is 3.89. The monoisotopic (exact) mass is 435 g/mol. The van der Waals surface area contributed by atoms with E-state index in [9.17, 15) is 9.90 Å². The van der Waals surface area contributed by atoms with E-state index in [1.807, 2.05) is 36.4 Å². The van der Waals surface area contributed by atoms with Gasteiger partial charge in [-0.2, -0.15) is 0 Å². The molecule has 0 aliphatic carbocycles. The SMILES string of the molecule is CC(C)(C)c1ccc(NOCCOc2ccc(C=O)c3ccccc23)c(C(C)(C)C)c1O. The number of rotatable bonds is 7. The van der Waals surface area contributed by atoms with Gasteiger partial charge in [0.15, 0.2) is 6.29 Å². The third-order valence-corrected chi connectivity index (χ3v) is 5.41. The highest BCUT2D eigenvalue weighted by Gasteiger charge is 2.28. The summed E-state index contributed by atoms with van der Waals surface area (Å²) in [5.41, 5.74) is 5.66. The molecule has 5 heteroatoms. The molecule has 3 aromatic rings. The lowest BCUT2D eigenvalue weighted by Crippen LogP contribution is -2.20. The molecule has 0 unspecified atom stereocenters. The van der Waals surface area contributed by atoms with Crippen molar-refractivity contribution in [2.75, 3.05) is 18.7 Å². The molecule has 0 saturated carbocycles. The zero-order valence-electron chi connectivity index (χ0n) is 19.8. The molecule has 0 aliphatic heterocycles. The molecule has 0 fully saturated rings. The zero-order chi connectivity index (χ0) is 23.5. The standard InChI is InChI=1S/C27H33NO4/c1-26(2,3)21-12-13-22(24(25(21)30)27(4,5)6)28-32-16-15-31-23-14-11-18(17-29)19-9-7-8-10-20(19)23/h7-14,17,28,30H,15-16H2,1-6H3. The summed E-state index contributed by atoms with van der Waals surface area (Å²) in [5.74, 6) is 1.01. The number of hydrogen-bond donors (Lipinski definition) is 2. The molecule has 0 atom stereocenters. The van der Waals surface area contributed by atoms with Crippen molar-refractivity contribution in [1.82, 2.24) is 0 Å². The Balaban J connectivity index is 1.69. The molecule has 0 saturated heterocycles. The molecular weight excluding hydrogens is 402 g/mol. The van der Waals surface area contributed by atoms with Crippen molar-refractivity contribution >= 4 is 22.7 Å². The van der Waals surface area contributed by atoms with E-state index in [4.69, 9.17) is 9.57 Å². The van der Waals surface area contributed by atoms with Gasteiger partial charge in [-0.1, -0.05) is 71.9 Å². The van der Waals surface area contributed by atoms with Gasteiger partial charge in [-0.3, -0.25) is 15.1 Å². The summed E-state index contributed by atoms with van der Waals surface area (Å²) in [6, 6.07) is 15.1. The molecule has 0 radical (unpaired) electrons. The van der Waals surface area contributed by atoms with Gasteiger partial charge in [-0.05, 0) is 40.0 Å². The van der Waals surface area contributed by atoms with E-state index in [1.54, 1.807) is 12.1 Å². The molecule has 3 aromatic carbocycles. The number of nitrogens with one attached hydrogen (secondary N) is 1. The number of aromatic hydroxyl groups is 1. The fourth-order valence-electron chi connectivity index (χ4n) is 3.89. The van der Waals surface area contributed by atoms with Gasteiger partial charge in [0.25, 0.3) is 0 Å². The maximum absolute atomic E-state index is 11.3. The van der Waals surface area contributed by atoms with Gasteiger partial charge in [0.1, 0.15) is 24.7 Å². The van der Waals surface area contributed by atoms with E-state index in [2.05, 4.69) is 47.0 Å². The van der Waals surface area contributed by atoms with Gasteiger partial charge >= 0.3 is 0 Å². The first-order valence-corrected chi connectivity index (χ1v) is 10.9. The Kier molecular flexibility index (Phi) is 6.79. The summed E-state index contributed by atoms with van der Waals surface area (Å²) in [5, 5.41) is 12.7. The molecule has 0 bridgehead atoms. The lowest BCUT2D eigenvalue weighted by molar-refractivity contribution is 0.112. The van der Waals surface area contributed by atoms with E-state index < -0.39 is 0 Å². The number of aldehydes is 1. The molecule has 5 nitrogen and oxygen atoms in total. The van der Waals surface area contributed by atoms with Crippen LogP contribution < -0.4 is 10.2 Å². The van der Waals surface area contributed by atoms with E-state index in [1.165, 1.54) is 0 Å². The molecular formula is C27H33NO4. The number of phenols is 1. The number of ether oxygens (including phenoxy) is 1. The van der Waals surface area contributed by atoms with Crippen LogP contribution in [0.15, 0.2) is 48.5 Å². The second-order valence-electron chi connectivity index (χ2n) is 10.00. The predicted molar refractivity (Wildman–Crippen MR) is 130 cm³/mol. The van der Waals surface area contributed by atoms with E-state index in [-0.39, 0.29) is 10.8 Å². The van der Waals surface area contributed by atoms with Crippen molar-refractivity contribution in [3.05, 3.63) is 65.2 Å². The second-order valence-corrected chi connectivity index (χ2v) is 10.00. The summed E-state index contributed by atoms with van der Waals surface area (Å²) in [6.07, 6.45) is 0.853. The number of phenolic OH excluding ortho intramolecular Hbond substituents is 1. The quantitative estimate of drug-likeness (QED) is 0.256. The Morgan fingerprint density at radius 2 is 1.56 bits per heavy atom. The molecule has 0 aromatic heterocycles. The Morgan fingerprint density at radius 1 is 0.875 bits per heavy atom. The smallest absolute Gasteiger partial charge is 0.150 e. The van der Waals surface area contributed by atoms with Crippen LogP contribution in [0.1, 0.15) is 63.0 Å². The summed E-state index contributed by atoms with van der Waals surface area (Å²) < 4.78 is 5.91. The van der Waals surface area contributed by atoms with Crippen LogP contribution in [0.2, 0.25) is 0 Å². The maximum Gasteiger partial charge on any atom is 0.150 e. The fraction of sp³-hybridized carbons (Fsp3) is 0.370. The van der Waals surface area contributed by atoms with Crippen molar-refractivity contribution < 1.29 is 19.5 Å². The van der Waals surface area contributed by atoms with Gasteiger partial charge in [0, 0.05) is 16.5 Å². The maximum atomic E-state index is 11.3. The number of benzene rings is 3. The second kappa shape index (κ2) is 9.21. The predicted octanol–water partition coefficient (Wildman–Crippen LogP) is 6.38. The highest BCUT2D eigenvalue weighted by molar-refractivity contribution is 6.00. The van der Waals surface area contributed by atoms with Gasteiger partial charge < -0.3 is 9.84 Å². The number of carbonyl (C=O) groups is 1. The zero-order valence-corrected chi connectivity index (χ0v) is 19.8. The van der Waals surface area contributed by atoms with Crippen molar-refractivity contribution in [2.24, 2.45) is 0 Å². The Labute approximate surface area is 190 Å². The topological polar surface area (TPSA) is 67.8 Å². The van der Waals surface area contributed by atoms with Gasteiger partial charge in [-0.25, -0.2) is 0 Å². The molecule has 0 heterocycles. The Bertz CT molecular complexity index is 1110. The lowest BCUT2D eigenvalue weighted by atomic mass is 9.79. The first-order chi connectivity index (χ1) is 15.0. The van der Waals surface area contributed by atoms with E-state index in [0.29, 0.717) is 30.3 Å².